The molecule has 0 aromatic heterocycles. The van der Waals surface area contributed by atoms with Crippen LogP contribution in [0.2, 0.25) is 0 Å². The van der Waals surface area contributed by atoms with Crippen LogP contribution in [-0.2, 0) is 17.5 Å². The zero-order chi connectivity index (χ0) is 15.5. The topological polar surface area (TPSA) is 20.3 Å². The first-order valence-electron chi connectivity index (χ1n) is 6.93. The maximum atomic E-state index is 12.9. The van der Waals surface area contributed by atoms with Crippen molar-refractivity contribution in [2.75, 3.05) is 7.05 Å². The molecule has 114 valence electrons. The van der Waals surface area contributed by atoms with Gasteiger partial charge < -0.3 is 4.90 Å². The lowest BCUT2D eigenvalue weighted by atomic mass is 10.0. The zero-order valence-corrected chi connectivity index (χ0v) is 11.9. The Morgan fingerprint density at radius 2 is 2.05 bits per heavy atom. The van der Waals surface area contributed by atoms with Gasteiger partial charge in [0.2, 0.25) is 5.91 Å². The van der Waals surface area contributed by atoms with E-state index in [1.54, 1.807) is 13.1 Å². The van der Waals surface area contributed by atoms with Gasteiger partial charge in [-0.15, -0.1) is 0 Å². The average molecular weight is 297 g/mol. The van der Waals surface area contributed by atoms with E-state index in [0.717, 1.165) is 18.9 Å². The lowest BCUT2D eigenvalue weighted by molar-refractivity contribution is -0.139. The van der Waals surface area contributed by atoms with E-state index in [0.29, 0.717) is 6.42 Å². The molecule has 1 aliphatic carbocycles. The van der Waals surface area contributed by atoms with Gasteiger partial charge in [-0.05, 0) is 30.4 Å². The first-order chi connectivity index (χ1) is 9.88. The highest BCUT2D eigenvalue weighted by molar-refractivity contribution is 5.76. The molecule has 0 saturated carbocycles. The van der Waals surface area contributed by atoms with Gasteiger partial charge in [0.1, 0.15) is 0 Å². The molecule has 0 heterocycles. The number of carbonyl (C=O) groups excluding carboxylic acids is 1. The van der Waals surface area contributed by atoms with E-state index in [1.807, 2.05) is 12.2 Å². The first kappa shape index (κ1) is 15.6. The van der Waals surface area contributed by atoms with Crippen molar-refractivity contribution in [1.29, 1.82) is 0 Å². The van der Waals surface area contributed by atoms with Crippen molar-refractivity contribution in [3.05, 3.63) is 47.5 Å². The molecule has 0 N–H and O–H groups in total. The Kier molecular flexibility index (Phi) is 4.70. The number of halogens is 3. The number of rotatable bonds is 4. The van der Waals surface area contributed by atoms with Crippen molar-refractivity contribution in [3.8, 4) is 0 Å². The monoisotopic (exact) mass is 297 g/mol. The van der Waals surface area contributed by atoms with Crippen LogP contribution >= 0.6 is 0 Å². The number of alkyl halides is 3. The van der Waals surface area contributed by atoms with Gasteiger partial charge in [0.25, 0.3) is 0 Å². The number of allylic oxidation sites excluding steroid dienone is 2. The summed E-state index contributed by atoms with van der Waals surface area (Å²) in [5.41, 5.74) is -0.548. The Morgan fingerprint density at radius 1 is 1.33 bits per heavy atom. The molecular weight excluding hydrogens is 279 g/mol. The van der Waals surface area contributed by atoms with Gasteiger partial charge in [0, 0.05) is 20.0 Å². The van der Waals surface area contributed by atoms with Gasteiger partial charge >= 0.3 is 6.18 Å². The number of amides is 1. The molecule has 1 amide bonds. The molecule has 1 unspecified atom stereocenters. The van der Waals surface area contributed by atoms with Crippen LogP contribution in [-0.4, -0.2) is 17.9 Å². The van der Waals surface area contributed by atoms with Crippen molar-refractivity contribution in [1.82, 2.24) is 4.90 Å². The third-order valence-corrected chi connectivity index (χ3v) is 3.71. The van der Waals surface area contributed by atoms with Crippen molar-refractivity contribution >= 4 is 5.91 Å². The predicted octanol–water partition coefficient (Wildman–Crippen LogP) is 4.02. The normalized spacial score (nSPS) is 18.0. The number of hydrogen-bond acceptors (Lipinski definition) is 1. The molecule has 0 bridgehead atoms. The molecule has 0 saturated heterocycles. The molecule has 0 fully saturated rings. The van der Waals surface area contributed by atoms with Crippen LogP contribution in [0.25, 0.3) is 0 Å². The molecule has 1 atom stereocenters. The van der Waals surface area contributed by atoms with Crippen molar-refractivity contribution in [3.63, 3.8) is 0 Å². The summed E-state index contributed by atoms with van der Waals surface area (Å²) in [6, 6.07) is 5.38. The van der Waals surface area contributed by atoms with Crippen LogP contribution in [0.3, 0.4) is 0 Å². The lowest BCUT2D eigenvalue weighted by Gasteiger charge is -2.21. The molecule has 2 rings (SSSR count). The highest BCUT2D eigenvalue weighted by atomic mass is 19.4. The summed E-state index contributed by atoms with van der Waals surface area (Å²) in [4.78, 5) is 13.4. The van der Waals surface area contributed by atoms with Crippen molar-refractivity contribution in [2.24, 2.45) is 5.92 Å². The standard InChI is InChI=1S/C16H18F3NO/c1-20(15(21)10-12-6-2-3-7-12)11-13-8-4-5-9-14(13)16(17,18)19/h2,4-6,8-9,12H,3,7,10-11H2,1H3. The highest BCUT2D eigenvalue weighted by Gasteiger charge is 2.33. The summed E-state index contributed by atoms with van der Waals surface area (Å²) >= 11 is 0. The van der Waals surface area contributed by atoms with E-state index in [2.05, 4.69) is 0 Å². The van der Waals surface area contributed by atoms with Crippen LogP contribution in [0.15, 0.2) is 36.4 Å². The Hall–Kier alpha value is -1.78. The fourth-order valence-corrected chi connectivity index (χ4v) is 2.52. The molecule has 2 nitrogen and oxygen atoms in total. The summed E-state index contributed by atoms with van der Waals surface area (Å²) in [6.07, 6.45) is 1.93. The van der Waals surface area contributed by atoms with Crippen LogP contribution in [0.1, 0.15) is 30.4 Å². The maximum Gasteiger partial charge on any atom is 0.416 e. The van der Waals surface area contributed by atoms with Crippen LogP contribution < -0.4 is 0 Å². The van der Waals surface area contributed by atoms with E-state index in [-0.39, 0.29) is 23.9 Å². The number of benzene rings is 1. The van der Waals surface area contributed by atoms with E-state index < -0.39 is 11.7 Å². The summed E-state index contributed by atoms with van der Waals surface area (Å²) in [5.74, 6) is 0.0985. The molecule has 0 spiro atoms. The Balaban J connectivity index is 2.03. The minimum atomic E-state index is -4.39. The van der Waals surface area contributed by atoms with E-state index >= 15 is 0 Å². The Bertz CT molecular complexity index is 537. The molecule has 1 aliphatic rings. The predicted molar refractivity (Wildman–Crippen MR) is 74.4 cm³/mol. The van der Waals surface area contributed by atoms with Crippen LogP contribution in [0.5, 0.6) is 0 Å². The van der Waals surface area contributed by atoms with Crippen molar-refractivity contribution < 1.29 is 18.0 Å². The average Bonchev–Trinajstić information content (AvgIpc) is 2.91. The number of carbonyl (C=O) groups is 1. The molecule has 0 radical (unpaired) electrons. The number of nitrogens with zero attached hydrogens (tertiary/aromatic N) is 1. The van der Waals surface area contributed by atoms with Gasteiger partial charge in [-0.2, -0.15) is 13.2 Å². The smallest absolute Gasteiger partial charge is 0.341 e. The summed E-state index contributed by atoms with van der Waals surface area (Å²) < 4.78 is 38.7. The highest BCUT2D eigenvalue weighted by Crippen LogP contribution is 2.32. The SMILES string of the molecule is CN(Cc1ccccc1C(F)(F)F)C(=O)CC1C=CCC1. The Morgan fingerprint density at radius 3 is 2.67 bits per heavy atom. The van der Waals surface area contributed by atoms with Gasteiger partial charge in [-0.1, -0.05) is 30.4 Å². The third kappa shape index (κ3) is 4.09. The maximum absolute atomic E-state index is 12.9. The second-order valence-corrected chi connectivity index (χ2v) is 5.37. The second kappa shape index (κ2) is 6.33. The van der Waals surface area contributed by atoms with Gasteiger partial charge in [0.15, 0.2) is 0 Å². The van der Waals surface area contributed by atoms with E-state index in [1.165, 1.54) is 17.0 Å². The minimum absolute atomic E-state index is 0.0229. The Labute approximate surface area is 122 Å². The van der Waals surface area contributed by atoms with E-state index in [9.17, 15) is 18.0 Å². The van der Waals surface area contributed by atoms with E-state index in [4.69, 9.17) is 0 Å². The van der Waals surface area contributed by atoms with Crippen molar-refractivity contribution in [2.45, 2.75) is 32.0 Å². The summed E-state index contributed by atoms with van der Waals surface area (Å²) in [5, 5.41) is 0. The van der Waals surface area contributed by atoms with Crippen LogP contribution in [0.4, 0.5) is 13.2 Å². The molecular formula is C16H18F3NO. The van der Waals surface area contributed by atoms with Gasteiger partial charge in [0.05, 0.1) is 5.56 Å². The molecule has 1 aromatic rings. The third-order valence-electron chi connectivity index (χ3n) is 3.71. The fraction of sp³-hybridized carbons (Fsp3) is 0.438. The quantitative estimate of drug-likeness (QED) is 0.769. The molecule has 5 heteroatoms. The first-order valence-corrected chi connectivity index (χ1v) is 6.93. The minimum Gasteiger partial charge on any atom is -0.341 e. The van der Waals surface area contributed by atoms with Gasteiger partial charge in [-0.25, -0.2) is 0 Å². The van der Waals surface area contributed by atoms with Gasteiger partial charge in [-0.3, -0.25) is 4.79 Å². The largest absolute Gasteiger partial charge is 0.416 e. The number of hydrogen-bond donors (Lipinski definition) is 0. The molecule has 21 heavy (non-hydrogen) atoms. The second-order valence-electron chi connectivity index (χ2n) is 5.37. The lowest BCUT2D eigenvalue weighted by Crippen LogP contribution is -2.28. The van der Waals surface area contributed by atoms with Crippen LogP contribution in [0, 0.1) is 5.92 Å². The fourth-order valence-electron chi connectivity index (χ4n) is 2.52. The molecule has 1 aromatic carbocycles. The molecule has 0 aliphatic heterocycles. The summed E-state index contributed by atoms with van der Waals surface area (Å²) in [7, 11) is 1.55. The summed E-state index contributed by atoms with van der Waals surface area (Å²) in [6.45, 7) is -0.0229. The zero-order valence-electron chi connectivity index (χ0n) is 11.9.